The molecule has 0 aromatic heterocycles. The quantitative estimate of drug-likeness (QED) is 0.640. The highest BCUT2D eigenvalue weighted by molar-refractivity contribution is 5.81. The molecular weight excluding hydrogens is 176 g/mol. The monoisotopic (exact) mass is 198 g/mol. The third-order valence-electron chi connectivity index (χ3n) is 2.55. The van der Waals surface area contributed by atoms with Crippen molar-refractivity contribution in [1.29, 1.82) is 0 Å². The summed E-state index contributed by atoms with van der Waals surface area (Å²) in [5, 5.41) is 0. The maximum atomic E-state index is 11.8. The zero-order valence-electron chi connectivity index (χ0n) is 9.62. The van der Waals surface area contributed by atoms with E-state index in [4.69, 9.17) is 0 Å². The first-order valence-corrected chi connectivity index (χ1v) is 5.58. The average Bonchev–Trinajstić information content (AvgIpc) is 2.93. The van der Waals surface area contributed by atoms with Crippen molar-refractivity contribution in [3.63, 3.8) is 0 Å². The normalized spacial score (nSPS) is 16.0. The second kappa shape index (κ2) is 5.35. The van der Waals surface area contributed by atoms with Gasteiger partial charge in [-0.1, -0.05) is 6.92 Å². The Labute approximate surface area is 87.1 Å². The maximum absolute atomic E-state index is 11.8. The molecule has 0 aromatic rings. The smallest absolute Gasteiger partial charge is 0.225 e. The minimum absolute atomic E-state index is 0.365. The van der Waals surface area contributed by atoms with Gasteiger partial charge in [0.1, 0.15) is 0 Å². The standard InChI is InChI=1S/C11H22N2O/c1-4-7-13(9-8-12(2)3)11(14)10-5-6-10/h10H,4-9H2,1-3H3. The molecule has 1 saturated carbocycles. The van der Waals surface area contributed by atoms with E-state index in [-0.39, 0.29) is 0 Å². The number of hydrogen-bond acceptors (Lipinski definition) is 2. The maximum Gasteiger partial charge on any atom is 0.225 e. The Morgan fingerprint density at radius 1 is 1.21 bits per heavy atom. The van der Waals surface area contributed by atoms with Gasteiger partial charge in [0.05, 0.1) is 0 Å². The Kier molecular flexibility index (Phi) is 4.39. The molecule has 3 nitrogen and oxygen atoms in total. The van der Waals surface area contributed by atoms with Crippen LogP contribution >= 0.6 is 0 Å². The van der Waals surface area contributed by atoms with E-state index < -0.39 is 0 Å². The summed E-state index contributed by atoms with van der Waals surface area (Å²) < 4.78 is 0. The molecule has 1 aliphatic carbocycles. The highest BCUT2D eigenvalue weighted by Gasteiger charge is 2.32. The molecule has 0 unspecified atom stereocenters. The molecule has 0 spiro atoms. The van der Waals surface area contributed by atoms with Crippen LogP contribution in [0.2, 0.25) is 0 Å². The summed E-state index contributed by atoms with van der Waals surface area (Å²) in [4.78, 5) is 16.0. The first-order valence-electron chi connectivity index (χ1n) is 5.58. The Morgan fingerprint density at radius 3 is 2.29 bits per heavy atom. The summed E-state index contributed by atoms with van der Waals surface area (Å²) >= 11 is 0. The molecule has 14 heavy (non-hydrogen) atoms. The Bertz CT molecular complexity index is 188. The van der Waals surface area contributed by atoms with E-state index in [2.05, 4.69) is 11.8 Å². The zero-order valence-corrected chi connectivity index (χ0v) is 9.62. The van der Waals surface area contributed by atoms with Crippen LogP contribution in [0.1, 0.15) is 26.2 Å². The van der Waals surface area contributed by atoms with Crippen LogP contribution in [0.4, 0.5) is 0 Å². The molecule has 1 aliphatic rings. The average molecular weight is 198 g/mol. The van der Waals surface area contributed by atoms with Crippen molar-refractivity contribution in [1.82, 2.24) is 9.80 Å². The topological polar surface area (TPSA) is 23.6 Å². The highest BCUT2D eigenvalue weighted by Crippen LogP contribution is 2.30. The molecule has 1 rings (SSSR count). The molecule has 0 bridgehead atoms. The number of carbonyl (C=O) groups is 1. The van der Waals surface area contributed by atoms with Gasteiger partial charge in [0.15, 0.2) is 0 Å². The van der Waals surface area contributed by atoms with Crippen molar-refractivity contribution < 1.29 is 4.79 Å². The van der Waals surface area contributed by atoms with Gasteiger partial charge in [0.2, 0.25) is 5.91 Å². The van der Waals surface area contributed by atoms with Crippen molar-refractivity contribution >= 4 is 5.91 Å². The first-order chi connectivity index (χ1) is 6.65. The molecule has 3 heteroatoms. The fraction of sp³-hybridized carbons (Fsp3) is 0.909. The van der Waals surface area contributed by atoms with E-state index in [1.54, 1.807) is 0 Å². The van der Waals surface area contributed by atoms with Crippen molar-refractivity contribution in [2.45, 2.75) is 26.2 Å². The summed E-state index contributed by atoms with van der Waals surface area (Å²) in [5.41, 5.74) is 0. The van der Waals surface area contributed by atoms with Gasteiger partial charge in [-0.2, -0.15) is 0 Å². The molecule has 0 aromatic carbocycles. The third kappa shape index (κ3) is 3.66. The Morgan fingerprint density at radius 2 is 1.86 bits per heavy atom. The molecule has 0 aliphatic heterocycles. The van der Waals surface area contributed by atoms with Gasteiger partial charge in [-0.05, 0) is 33.4 Å². The van der Waals surface area contributed by atoms with Crippen molar-refractivity contribution in [3.8, 4) is 0 Å². The Hall–Kier alpha value is -0.570. The molecule has 0 atom stereocenters. The number of hydrogen-bond donors (Lipinski definition) is 0. The minimum atomic E-state index is 0.365. The van der Waals surface area contributed by atoms with E-state index in [0.29, 0.717) is 11.8 Å². The number of nitrogens with zero attached hydrogens (tertiary/aromatic N) is 2. The van der Waals surface area contributed by atoms with Crippen LogP contribution in [0.5, 0.6) is 0 Å². The van der Waals surface area contributed by atoms with Crippen LogP contribution in [-0.2, 0) is 4.79 Å². The van der Waals surface area contributed by atoms with E-state index in [9.17, 15) is 4.79 Å². The second-order valence-corrected chi connectivity index (χ2v) is 4.40. The van der Waals surface area contributed by atoms with Gasteiger partial charge in [-0.25, -0.2) is 0 Å². The molecule has 0 radical (unpaired) electrons. The molecule has 1 fully saturated rings. The van der Waals surface area contributed by atoms with Crippen LogP contribution < -0.4 is 0 Å². The number of amides is 1. The van der Waals surface area contributed by atoms with Crippen LogP contribution in [0, 0.1) is 5.92 Å². The van der Waals surface area contributed by atoms with Crippen molar-refractivity contribution in [2.75, 3.05) is 33.7 Å². The third-order valence-corrected chi connectivity index (χ3v) is 2.55. The lowest BCUT2D eigenvalue weighted by atomic mass is 10.3. The highest BCUT2D eigenvalue weighted by atomic mass is 16.2. The van der Waals surface area contributed by atoms with Crippen molar-refractivity contribution in [2.24, 2.45) is 5.92 Å². The van der Waals surface area contributed by atoms with E-state index >= 15 is 0 Å². The van der Waals surface area contributed by atoms with Gasteiger partial charge in [-0.3, -0.25) is 4.79 Å². The summed E-state index contributed by atoms with van der Waals surface area (Å²) in [6, 6.07) is 0. The number of likely N-dealkylation sites (N-methyl/N-ethyl adjacent to an activating group) is 1. The van der Waals surface area contributed by atoms with Crippen LogP contribution in [-0.4, -0.2) is 49.4 Å². The van der Waals surface area contributed by atoms with Gasteiger partial charge < -0.3 is 9.80 Å². The predicted molar refractivity (Wildman–Crippen MR) is 58.1 cm³/mol. The molecule has 0 heterocycles. The van der Waals surface area contributed by atoms with Gasteiger partial charge in [0, 0.05) is 25.6 Å². The lowest BCUT2D eigenvalue weighted by molar-refractivity contribution is -0.132. The first kappa shape index (κ1) is 11.5. The van der Waals surface area contributed by atoms with Crippen LogP contribution in [0.25, 0.3) is 0 Å². The fourth-order valence-corrected chi connectivity index (χ4v) is 1.51. The number of rotatable bonds is 6. The summed E-state index contributed by atoms with van der Waals surface area (Å²) in [6.45, 7) is 4.90. The van der Waals surface area contributed by atoms with Crippen LogP contribution in [0.15, 0.2) is 0 Å². The van der Waals surface area contributed by atoms with E-state index in [1.165, 1.54) is 0 Å². The van der Waals surface area contributed by atoms with E-state index in [0.717, 1.165) is 38.9 Å². The predicted octanol–water partition coefficient (Wildman–Crippen LogP) is 1.20. The summed E-state index contributed by atoms with van der Waals surface area (Å²) in [6.07, 6.45) is 3.29. The molecule has 1 amide bonds. The lowest BCUT2D eigenvalue weighted by Gasteiger charge is -2.23. The SMILES string of the molecule is CCCN(CCN(C)C)C(=O)C1CC1. The Balaban J connectivity index is 2.33. The van der Waals surface area contributed by atoms with Crippen LogP contribution in [0.3, 0.4) is 0 Å². The fourth-order valence-electron chi connectivity index (χ4n) is 1.51. The molecule has 0 saturated heterocycles. The van der Waals surface area contributed by atoms with Crippen molar-refractivity contribution in [3.05, 3.63) is 0 Å². The molecular formula is C11H22N2O. The largest absolute Gasteiger partial charge is 0.341 e. The van der Waals surface area contributed by atoms with Gasteiger partial charge in [-0.15, -0.1) is 0 Å². The lowest BCUT2D eigenvalue weighted by Crippen LogP contribution is -2.38. The van der Waals surface area contributed by atoms with E-state index in [1.807, 2.05) is 19.0 Å². The minimum Gasteiger partial charge on any atom is -0.341 e. The van der Waals surface area contributed by atoms with Gasteiger partial charge >= 0.3 is 0 Å². The second-order valence-electron chi connectivity index (χ2n) is 4.40. The molecule has 82 valence electrons. The van der Waals surface area contributed by atoms with Gasteiger partial charge in [0.25, 0.3) is 0 Å². The zero-order chi connectivity index (χ0) is 10.6. The summed E-state index contributed by atoms with van der Waals surface area (Å²) in [7, 11) is 4.09. The molecule has 0 N–H and O–H groups in total. The number of carbonyl (C=O) groups excluding carboxylic acids is 1. The summed E-state index contributed by atoms with van der Waals surface area (Å²) in [5.74, 6) is 0.748.